The van der Waals surface area contributed by atoms with Gasteiger partial charge >= 0.3 is 18.2 Å². The van der Waals surface area contributed by atoms with Crippen LogP contribution in [0, 0.1) is 0 Å². The standard InChI is InChI=1S/C24H23F3N2.C16H22N2O5/c25-24(26,27)22-9-5-4-8-21(22)19-12-10-18(11-13-19)16-29-15-14-28-23(17-29)20-6-2-1-3-7-20;1-16(2,3)23-15(21)18-13(11-8-6-5-7-9-11)14(20)17-10-12(19)22-4/h1-13,23,28H,14-17H2;5-9,13H,10H2,1-4H3,(H,17,20)(H,18,21). The fraction of sp³-hybridized carbons (Fsp3) is 0.325. The Morgan fingerprint density at radius 1 is 0.865 bits per heavy atom. The summed E-state index contributed by atoms with van der Waals surface area (Å²) in [5.41, 5.74) is 2.47. The predicted octanol–water partition coefficient (Wildman–Crippen LogP) is 7.06. The molecule has 9 nitrogen and oxygen atoms in total. The van der Waals surface area contributed by atoms with E-state index in [9.17, 15) is 27.6 Å². The molecule has 0 radical (unpaired) electrons. The second-order valence-corrected chi connectivity index (χ2v) is 13.2. The first-order chi connectivity index (χ1) is 24.7. The molecule has 1 fully saturated rings. The van der Waals surface area contributed by atoms with Gasteiger partial charge in [-0.1, -0.05) is 103 Å². The van der Waals surface area contributed by atoms with Crippen molar-refractivity contribution in [2.45, 2.75) is 51.2 Å². The number of nitrogens with zero attached hydrogens (tertiary/aromatic N) is 1. The van der Waals surface area contributed by atoms with E-state index in [0.717, 1.165) is 37.8 Å². The molecule has 0 aliphatic carbocycles. The molecule has 5 rings (SSSR count). The summed E-state index contributed by atoms with van der Waals surface area (Å²) in [4.78, 5) is 37.7. The fourth-order valence-corrected chi connectivity index (χ4v) is 5.60. The summed E-state index contributed by atoms with van der Waals surface area (Å²) in [6.45, 7) is 8.44. The zero-order valence-electron chi connectivity index (χ0n) is 29.7. The number of halogens is 3. The highest BCUT2D eigenvalue weighted by atomic mass is 19.4. The number of carbonyl (C=O) groups excluding carboxylic acids is 3. The number of hydrogen-bond acceptors (Lipinski definition) is 7. The van der Waals surface area contributed by atoms with Crippen molar-refractivity contribution in [3.05, 3.63) is 131 Å². The van der Waals surface area contributed by atoms with Crippen LogP contribution >= 0.6 is 0 Å². The summed E-state index contributed by atoms with van der Waals surface area (Å²) < 4.78 is 49.5. The maximum Gasteiger partial charge on any atom is 0.417 e. The highest BCUT2D eigenvalue weighted by Crippen LogP contribution is 2.37. The molecule has 2 amide bonds. The van der Waals surface area contributed by atoms with Crippen LogP contribution in [0.25, 0.3) is 11.1 Å². The van der Waals surface area contributed by atoms with Gasteiger partial charge in [-0.25, -0.2) is 4.79 Å². The Labute approximate surface area is 302 Å². The monoisotopic (exact) mass is 718 g/mol. The lowest BCUT2D eigenvalue weighted by molar-refractivity contribution is -0.141. The number of hydrogen-bond donors (Lipinski definition) is 3. The molecule has 1 heterocycles. The van der Waals surface area contributed by atoms with E-state index in [0.29, 0.717) is 17.2 Å². The smallest absolute Gasteiger partial charge is 0.417 e. The van der Waals surface area contributed by atoms with Gasteiger partial charge in [0.1, 0.15) is 18.2 Å². The highest BCUT2D eigenvalue weighted by Gasteiger charge is 2.33. The number of piperazine rings is 1. The molecule has 0 saturated carbocycles. The van der Waals surface area contributed by atoms with Crippen molar-refractivity contribution in [1.29, 1.82) is 0 Å². The second-order valence-electron chi connectivity index (χ2n) is 13.2. The van der Waals surface area contributed by atoms with E-state index in [-0.39, 0.29) is 12.1 Å². The van der Waals surface area contributed by atoms with Crippen molar-refractivity contribution in [3.8, 4) is 11.1 Å². The SMILES string of the molecule is COC(=O)CNC(=O)C(NC(=O)OC(C)(C)C)c1ccccc1.FC(F)(F)c1ccccc1-c1ccc(CN2CCNC(c3ccccc3)C2)cc1. The van der Waals surface area contributed by atoms with E-state index >= 15 is 0 Å². The van der Waals surface area contributed by atoms with Gasteiger partial charge < -0.3 is 25.4 Å². The molecule has 12 heteroatoms. The molecular weight excluding hydrogens is 673 g/mol. The molecule has 0 spiro atoms. The molecule has 1 aliphatic rings. The molecule has 4 aromatic carbocycles. The number of esters is 1. The highest BCUT2D eigenvalue weighted by molar-refractivity contribution is 5.89. The Hall–Kier alpha value is -5.20. The number of ether oxygens (including phenoxy) is 2. The average Bonchev–Trinajstić information content (AvgIpc) is 3.13. The van der Waals surface area contributed by atoms with Crippen molar-refractivity contribution < 1.29 is 37.0 Å². The number of nitrogens with one attached hydrogen (secondary N) is 3. The summed E-state index contributed by atoms with van der Waals surface area (Å²) >= 11 is 0. The molecule has 4 aromatic rings. The van der Waals surface area contributed by atoms with Gasteiger partial charge in [0.05, 0.1) is 12.7 Å². The van der Waals surface area contributed by atoms with E-state index in [4.69, 9.17) is 4.74 Å². The van der Waals surface area contributed by atoms with Crippen LogP contribution in [0.1, 0.15) is 55.1 Å². The number of carbonyl (C=O) groups is 3. The predicted molar refractivity (Wildman–Crippen MR) is 193 cm³/mol. The minimum atomic E-state index is -4.36. The van der Waals surface area contributed by atoms with Crippen LogP contribution in [-0.4, -0.2) is 61.8 Å². The Morgan fingerprint density at radius 3 is 2.10 bits per heavy atom. The van der Waals surface area contributed by atoms with Crippen molar-refractivity contribution in [1.82, 2.24) is 20.9 Å². The van der Waals surface area contributed by atoms with Gasteiger partial charge in [-0.15, -0.1) is 0 Å². The maximum atomic E-state index is 13.3. The Bertz CT molecular complexity index is 1750. The first-order valence-corrected chi connectivity index (χ1v) is 16.9. The molecule has 3 N–H and O–H groups in total. The van der Waals surface area contributed by atoms with Crippen molar-refractivity contribution in [3.63, 3.8) is 0 Å². The number of benzene rings is 4. The van der Waals surface area contributed by atoms with Crippen molar-refractivity contribution in [2.75, 3.05) is 33.3 Å². The number of amides is 2. The topological polar surface area (TPSA) is 109 Å². The summed E-state index contributed by atoms with van der Waals surface area (Å²) in [5, 5.41) is 8.48. The lowest BCUT2D eigenvalue weighted by Crippen LogP contribution is -2.45. The third kappa shape index (κ3) is 12.2. The zero-order chi connectivity index (χ0) is 37.7. The van der Waals surface area contributed by atoms with E-state index in [1.54, 1.807) is 69.3 Å². The molecule has 2 unspecified atom stereocenters. The van der Waals surface area contributed by atoms with Crippen LogP contribution in [0.15, 0.2) is 109 Å². The molecular formula is C40H45F3N4O5. The van der Waals surface area contributed by atoms with Gasteiger partial charge in [-0.2, -0.15) is 13.2 Å². The quantitative estimate of drug-likeness (QED) is 0.159. The van der Waals surface area contributed by atoms with Gasteiger partial charge in [-0.3, -0.25) is 14.5 Å². The van der Waals surface area contributed by atoms with E-state index < -0.39 is 41.4 Å². The third-order valence-corrected chi connectivity index (χ3v) is 8.06. The van der Waals surface area contributed by atoms with E-state index in [2.05, 4.69) is 37.7 Å². The average molecular weight is 719 g/mol. The number of methoxy groups -OCH3 is 1. The molecule has 0 aromatic heterocycles. The summed E-state index contributed by atoms with van der Waals surface area (Å²) in [7, 11) is 1.22. The second kappa shape index (κ2) is 18.3. The van der Waals surface area contributed by atoms with Gasteiger partial charge in [0.15, 0.2) is 0 Å². The normalized spacial score (nSPS) is 15.3. The largest absolute Gasteiger partial charge is 0.468 e. The first kappa shape index (κ1) is 39.6. The summed E-state index contributed by atoms with van der Waals surface area (Å²) in [6, 6.07) is 31.5. The van der Waals surface area contributed by atoms with Crippen LogP contribution in [0.2, 0.25) is 0 Å². The van der Waals surface area contributed by atoms with Crippen molar-refractivity contribution in [2.24, 2.45) is 0 Å². The molecule has 276 valence electrons. The van der Waals surface area contributed by atoms with Gasteiger partial charge in [-0.05, 0) is 54.7 Å². The number of alkyl carbamates (subject to hydrolysis) is 1. The van der Waals surface area contributed by atoms with E-state index in [1.165, 1.54) is 24.8 Å². The summed E-state index contributed by atoms with van der Waals surface area (Å²) in [5.74, 6) is -1.12. The van der Waals surface area contributed by atoms with Gasteiger partial charge in [0.25, 0.3) is 0 Å². The zero-order valence-corrected chi connectivity index (χ0v) is 29.7. The van der Waals surface area contributed by atoms with Crippen LogP contribution in [0.5, 0.6) is 0 Å². The minimum absolute atomic E-state index is 0.220. The Balaban J connectivity index is 0.000000240. The van der Waals surface area contributed by atoms with Crippen LogP contribution in [0.3, 0.4) is 0 Å². The van der Waals surface area contributed by atoms with Gasteiger partial charge in [0, 0.05) is 32.2 Å². The van der Waals surface area contributed by atoms with Crippen LogP contribution in [0.4, 0.5) is 18.0 Å². The fourth-order valence-electron chi connectivity index (χ4n) is 5.60. The molecule has 52 heavy (non-hydrogen) atoms. The van der Waals surface area contributed by atoms with E-state index in [1.807, 2.05) is 30.3 Å². The minimum Gasteiger partial charge on any atom is -0.468 e. The summed E-state index contributed by atoms with van der Waals surface area (Å²) in [6.07, 6.45) is -5.08. The molecule has 1 aliphatic heterocycles. The molecule has 1 saturated heterocycles. The number of alkyl halides is 3. The molecule has 2 atom stereocenters. The van der Waals surface area contributed by atoms with Crippen molar-refractivity contribution >= 4 is 18.0 Å². The Kier molecular flexibility index (Phi) is 14.0. The lowest BCUT2D eigenvalue weighted by atomic mass is 9.98. The third-order valence-electron chi connectivity index (χ3n) is 8.06. The maximum absolute atomic E-state index is 13.3. The Morgan fingerprint density at radius 2 is 1.48 bits per heavy atom. The number of rotatable bonds is 9. The van der Waals surface area contributed by atoms with Crippen LogP contribution < -0.4 is 16.0 Å². The van der Waals surface area contributed by atoms with Crippen LogP contribution in [-0.2, 0) is 31.8 Å². The first-order valence-electron chi connectivity index (χ1n) is 16.9. The van der Waals surface area contributed by atoms with Gasteiger partial charge in [0.2, 0.25) is 5.91 Å². The molecule has 0 bridgehead atoms. The lowest BCUT2D eigenvalue weighted by Gasteiger charge is -2.34.